The summed E-state index contributed by atoms with van der Waals surface area (Å²) in [6.07, 6.45) is 7.62. The topological polar surface area (TPSA) is 97.0 Å². The van der Waals surface area contributed by atoms with E-state index in [1.54, 1.807) is 12.1 Å². The van der Waals surface area contributed by atoms with Gasteiger partial charge in [-0.3, -0.25) is 14.3 Å². The minimum atomic E-state index is -0.505. The van der Waals surface area contributed by atoms with Crippen molar-refractivity contribution in [2.75, 3.05) is 18.0 Å². The Hall–Kier alpha value is -2.90. The van der Waals surface area contributed by atoms with Gasteiger partial charge in [-0.1, -0.05) is 12.8 Å². The van der Waals surface area contributed by atoms with Crippen LogP contribution >= 0.6 is 0 Å². The third kappa shape index (κ3) is 3.07. The van der Waals surface area contributed by atoms with Crippen molar-refractivity contribution in [1.82, 2.24) is 19.5 Å². The molecule has 0 unspecified atom stereocenters. The van der Waals surface area contributed by atoms with Crippen molar-refractivity contribution in [3.63, 3.8) is 0 Å². The zero-order valence-corrected chi connectivity index (χ0v) is 13.8. The first-order valence-corrected chi connectivity index (χ1v) is 8.49. The van der Waals surface area contributed by atoms with Crippen molar-refractivity contribution < 1.29 is 4.42 Å². The lowest BCUT2D eigenvalue weighted by Crippen LogP contribution is -2.36. The van der Waals surface area contributed by atoms with E-state index in [1.807, 2.05) is 0 Å². The number of fused-ring (bicyclic) bond motifs is 1. The van der Waals surface area contributed by atoms with Gasteiger partial charge in [-0.25, -0.2) is 9.78 Å². The number of aromatic nitrogens is 4. The summed E-state index contributed by atoms with van der Waals surface area (Å²) in [5.74, 6) is 1.10. The summed E-state index contributed by atoms with van der Waals surface area (Å²) in [6, 6.07) is 3.43. The molecule has 0 aliphatic carbocycles. The zero-order chi connectivity index (χ0) is 17.2. The Morgan fingerprint density at radius 1 is 1.16 bits per heavy atom. The fourth-order valence-corrected chi connectivity index (χ4v) is 3.16. The lowest BCUT2D eigenvalue weighted by Gasteiger charge is -2.19. The third-order valence-corrected chi connectivity index (χ3v) is 4.51. The molecule has 0 radical (unpaired) electrons. The monoisotopic (exact) mass is 341 g/mol. The Labute approximate surface area is 143 Å². The van der Waals surface area contributed by atoms with Crippen LogP contribution in [0.15, 0.2) is 38.6 Å². The van der Waals surface area contributed by atoms with Crippen LogP contribution in [0.4, 0.5) is 5.95 Å². The number of H-pyrrole nitrogens is 1. The molecule has 3 aromatic heterocycles. The van der Waals surface area contributed by atoms with Crippen LogP contribution in [0.5, 0.6) is 0 Å². The molecule has 25 heavy (non-hydrogen) atoms. The summed E-state index contributed by atoms with van der Waals surface area (Å²) in [4.78, 5) is 38.5. The molecule has 3 aromatic rings. The third-order valence-electron chi connectivity index (χ3n) is 4.51. The molecular formula is C17H19N5O3. The number of rotatable bonds is 3. The van der Waals surface area contributed by atoms with Crippen molar-refractivity contribution in [2.45, 2.75) is 32.2 Å². The molecular weight excluding hydrogens is 322 g/mol. The highest BCUT2D eigenvalue weighted by molar-refractivity contribution is 5.73. The van der Waals surface area contributed by atoms with Crippen LogP contribution in [0.1, 0.15) is 31.4 Å². The number of nitrogens with zero attached hydrogens (tertiary/aromatic N) is 4. The van der Waals surface area contributed by atoms with Crippen LogP contribution < -0.4 is 16.1 Å². The van der Waals surface area contributed by atoms with Crippen molar-refractivity contribution in [2.24, 2.45) is 0 Å². The average Bonchev–Trinajstić information content (AvgIpc) is 2.97. The predicted molar refractivity (Wildman–Crippen MR) is 92.9 cm³/mol. The molecule has 1 aliphatic rings. The molecule has 0 saturated carbocycles. The van der Waals surface area contributed by atoms with Gasteiger partial charge in [0, 0.05) is 19.3 Å². The number of hydrogen-bond acceptors (Lipinski definition) is 6. The molecule has 4 heterocycles. The molecule has 1 N–H and O–H groups in total. The van der Waals surface area contributed by atoms with E-state index in [1.165, 1.54) is 25.3 Å². The Kier molecular flexibility index (Phi) is 4.09. The van der Waals surface area contributed by atoms with E-state index >= 15 is 0 Å². The highest BCUT2D eigenvalue weighted by atomic mass is 16.3. The smallest absolute Gasteiger partial charge is 0.330 e. The van der Waals surface area contributed by atoms with Crippen LogP contribution in [-0.2, 0) is 6.54 Å². The Morgan fingerprint density at radius 3 is 2.68 bits per heavy atom. The lowest BCUT2D eigenvalue weighted by atomic mass is 10.2. The van der Waals surface area contributed by atoms with Gasteiger partial charge in [-0.15, -0.1) is 0 Å². The predicted octanol–water partition coefficient (Wildman–Crippen LogP) is 1.50. The van der Waals surface area contributed by atoms with Gasteiger partial charge >= 0.3 is 5.69 Å². The first kappa shape index (κ1) is 15.6. The summed E-state index contributed by atoms with van der Waals surface area (Å²) in [5, 5.41) is 0.296. The van der Waals surface area contributed by atoms with Crippen LogP contribution in [0.2, 0.25) is 0 Å². The van der Waals surface area contributed by atoms with Crippen molar-refractivity contribution in [3.8, 4) is 0 Å². The average molecular weight is 341 g/mol. The highest BCUT2D eigenvalue weighted by Crippen LogP contribution is 2.16. The SMILES string of the molecule is O=c1[nH]c2nc(N3CCCCCC3)ncc2c(=O)n1Cc1ccco1. The fourth-order valence-electron chi connectivity index (χ4n) is 3.16. The lowest BCUT2D eigenvalue weighted by molar-refractivity contribution is 0.484. The molecule has 0 amide bonds. The maximum atomic E-state index is 12.6. The van der Waals surface area contributed by atoms with Crippen LogP contribution in [0.3, 0.4) is 0 Å². The molecule has 0 aromatic carbocycles. The highest BCUT2D eigenvalue weighted by Gasteiger charge is 2.16. The van der Waals surface area contributed by atoms with E-state index in [0.29, 0.717) is 17.1 Å². The van der Waals surface area contributed by atoms with Gasteiger partial charge in [0.15, 0.2) is 5.65 Å². The number of furan rings is 1. The maximum absolute atomic E-state index is 12.6. The second kappa shape index (κ2) is 6.54. The number of anilines is 1. The zero-order valence-electron chi connectivity index (χ0n) is 13.8. The van der Waals surface area contributed by atoms with Crippen molar-refractivity contribution >= 4 is 17.0 Å². The molecule has 8 heteroatoms. The van der Waals surface area contributed by atoms with Gasteiger partial charge in [0.05, 0.1) is 12.8 Å². The number of nitrogens with one attached hydrogen (secondary N) is 1. The Morgan fingerprint density at radius 2 is 1.96 bits per heavy atom. The second-order valence-electron chi connectivity index (χ2n) is 6.23. The molecule has 0 atom stereocenters. The Balaban J connectivity index is 1.74. The van der Waals surface area contributed by atoms with E-state index in [-0.39, 0.29) is 12.2 Å². The van der Waals surface area contributed by atoms with Gasteiger partial charge in [-0.2, -0.15) is 4.98 Å². The first-order chi connectivity index (χ1) is 12.2. The summed E-state index contributed by atoms with van der Waals surface area (Å²) in [7, 11) is 0. The molecule has 1 saturated heterocycles. The summed E-state index contributed by atoms with van der Waals surface area (Å²) in [5.41, 5.74) is -0.646. The molecule has 1 aliphatic heterocycles. The first-order valence-electron chi connectivity index (χ1n) is 8.49. The van der Waals surface area contributed by atoms with Gasteiger partial charge < -0.3 is 9.32 Å². The standard InChI is InChI=1S/C17H19N5O3/c23-15-13-10-18-16(21-7-3-1-2-4-8-21)19-14(13)20-17(24)22(15)11-12-6-5-9-25-12/h5-6,9-10H,1-4,7-8,11H2,(H,18,19,20,24). The van der Waals surface area contributed by atoms with Crippen LogP contribution in [-0.4, -0.2) is 32.6 Å². The molecule has 1 fully saturated rings. The minimum Gasteiger partial charge on any atom is -0.467 e. The van der Waals surface area contributed by atoms with Gasteiger partial charge in [-0.05, 0) is 25.0 Å². The second-order valence-corrected chi connectivity index (χ2v) is 6.23. The molecule has 0 bridgehead atoms. The van der Waals surface area contributed by atoms with Crippen molar-refractivity contribution in [1.29, 1.82) is 0 Å². The van der Waals surface area contributed by atoms with E-state index in [4.69, 9.17) is 4.42 Å². The van der Waals surface area contributed by atoms with E-state index < -0.39 is 11.2 Å². The quantitative estimate of drug-likeness (QED) is 0.775. The molecule has 0 spiro atoms. The van der Waals surface area contributed by atoms with Gasteiger partial charge in [0.1, 0.15) is 11.1 Å². The largest absolute Gasteiger partial charge is 0.467 e. The summed E-state index contributed by atoms with van der Waals surface area (Å²) < 4.78 is 6.31. The molecule has 130 valence electrons. The van der Waals surface area contributed by atoms with Gasteiger partial charge in [0.2, 0.25) is 5.95 Å². The summed E-state index contributed by atoms with van der Waals surface area (Å²) in [6.45, 7) is 1.86. The van der Waals surface area contributed by atoms with Gasteiger partial charge in [0.25, 0.3) is 5.56 Å². The van der Waals surface area contributed by atoms with Crippen LogP contribution in [0.25, 0.3) is 11.0 Å². The van der Waals surface area contributed by atoms with Crippen molar-refractivity contribution in [3.05, 3.63) is 51.2 Å². The maximum Gasteiger partial charge on any atom is 0.330 e. The number of aromatic amines is 1. The van der Waals surface area contributed by atoms with Crippen LogP contribution in [0, 0.1) is 0 Å². The summed E-state index contributed by atoms with van der Waals surface area (Å²) >= 11 is 0. The normalized spacial score (nSPS) is 15.4. The van der Waals surface area contributed by atoms with E-state index in [9.17, 15) is 9.59 Å². The molecule has 8 nitrogen and oxygen atoms in total. The fraction of sp³-hybridized carbons (Fsp3) is 0.412. The van der Waals surface area contributed by atoms with E-state index in [0.717, 1.165) is 30.5 Å². The Bertz CT molecular complexity index is 982. The van der Waals surface area contributed by atoms with E-state index in [2.05, 4.69) is 19.9 Å². The number of hydrogen-bond donors (Lipinski definition) is 1. The molecule has 4 rings (SSSR count). The minimum absolute atomic E-state index is 0.0744.